The molecule has 1 amide bonds. The molecule has 2 aromatic carbocycles. The molecule has 0 aliphatic carbocycles. The van der Waals surface area contributed by atoms with Gasteiger partial charge in [0.25, 0.3) is 11.7 Å². The second-order valence-corrected chi connectivity index (χ2v) is 5.91. The Balaban J connectivity index is 1.87. The fourth-order valence-corrected chi connectivity index (χ4v) is 2.98. The lowest BCUT2D eigenvalue weighted by Gasteiger charge is -2.19. The maximum absolute atomic E-state index is 12.5. The smallest absolute Gasteiger partial charge is 0.326 e. The summed E-state index contributed by atoms with van der Waals surface area (Å²) in [5, 5.41) is 0. The van der Waals surface area contributed by atoms with Crippen molar-refractivity contribution < 1.29 is 33.3 Å². The number of hydrogen-bond donors (Lipinski definition) is 0. The molecule has 1 heterocycles. The Kier molecular flexibility index (Phi) is 5.49. The molecule has 0 radical (unpaired) electrons. The van der Waals surface area contributed by atoms with Crippen molar-refractivity contribution in [1.82, 2.24) is 0 Å². The van der Waals surface area contributed by atoms with E-state index in [4.69, 9.17) is 18.9 Å². The highest BCUT2D eigenvalue weighted by Gasteiger charge is 2.42. The summed E-state index contributed by atoms with van der Waals surface area (Å²) in [7, 11) is 4.17. The lowest BCUT2D eigenvalue weighted by molar-refractivity contribution is -0.143. The second kappa shape index (κ2) is 7.99. The summed E-state index contributed by atoms with van der Waals surface area (Å²) in [6.07, 6.45) is 0. The predicted octanol–water partition coefficient (Wildman–Crippen LogP) is 1.99. The Morgan fingerprint density at radius 2 is 1.64 bits per heavy atom. The number of anilines is 1. The minimum atomic E-state index is -0.847. The summed E-state index contributed by atoms with van der Waals surface area (Å²) in [6, 6.07) is 10.6. The van der Waals surface area contributed by atoms with E-state index in [0.29, 0.717) is 0 Å². The topological polar surface area (TPSA) is 91.4 Å². The van der Waals surface area contributed by atoms with E-state index < -0.39 is 24.2 Å². The van der Waals surface area contributed by atoms with E-state index in [1.54, 1.807) is 0 Å². The van der Waals surface area contributed by atoms with Gasteiger partial charge in [0.15, 0.2) is 11.5 Å². The number of Topliss-reactive ketones (excluding diaryl/α,β-unsaturated/α-hetero) is 1. The number of ketones is 1. The molecule has 0 atom stereocenters. The van der Waals surface area contributed by atoms with E-state index in [1.165, 1.54) is 27.4 Å². The third-order valence-corrected chi connectivity index (χ3v) is 4.30. The van der Waals surface area contributed by atoms with E-state index in [0.717, 1.165) is 10.5 Å². The summed E-state index contributed by atoms with van der Waals surface area (Å²) in [6.45, 7) is -0.346. The number of fused-ring (bicyclic) bond motifs is 1. The first-order valence-corrected chi connectivity index (χ1v) is 8.40. The highest BCUT2D eigenvalue weighted by molar-refractivity contribution is 6.53. The average Bonchev–Trinajstić information content (AvgIpc) is 2.96. The molecule has 0 fully saturated rings. The predicted molar refractivity (Wildman–Crippen MR) is 99.0 cm³/mol. The molecule has 0 aromatic heterocycles. The molecule has 1 aliphatic heterocycles. The van der Waals surface area contributed by atoms with Gasteiger partial charge in [-0.15, -0.1) is 0 Å². The van der Waals surface area contributed by atoms with E-state index in [1.807, 2.05) is 30.3 Å². The van der Waals surface area contributed by atoms with Crippen LogP contribution in [-0.4, -0.2) is 45.5 Å². The summed E-state index contributed by atoms with van der Waals surface area (Å²) in [5.41, 5.74) is 1.05. The molecule has 8 heteroatoms. The van der Waals surface area contributed by atoms with Crippen LogP contribution in [0.1, 0.15) is 15.9 Å². The molecule has 0 saturated heterocycles. The van der Waals surface area contributed by atoms with Crippen LogP contribution in [0.15, 0.2) is 36.4 Å². The van der Waals surface area contributed by atoms with Crippen LogP contribution >= 0.6 is 0 Å². The number of hydrogen-bond acceptors (Lipinski definition) is 7. The molecule has 146 valence electrons. The summed E-state index contributed by atoms with van der Waals surface area (Å²) in [4.78, 5) is 38.3. The van der Waals surface area contributed by atoms with Crippen LogP contribution in [0.3, 0.4) is 0 Å². The number of rotatable bonds is 7. The van der Waals surface area contributed by atoms with Gasteiger partial charge in [-0.05, 0) is 5.56 Å². The molecule has 3 rings (SSSR count). The zero-order valence-electron chi connectivity index (χ0n) is 15.7. The molecule has 0 N–H and O–H groups in total. The van der Waals surface area contributed by atoms with Gasteiger partial charge in [-0.2, -0.15) is 0 Å². The first-order chi connectivity index (χ1) is 13.5. The van der Waals surface area contributed by atoms with Crippen LogP contribution in [0, 0.1) is 0 Å². The summed E-state index contributed by atoms with van der Waals surface area (Å²) in [5.74, 6) is -1.74. The average molecular weight is 385 g/mol. The molecule has 2 aromatic rings. The Bertz CT molecular complexity index is 924. The largest absolute Gasteiger partial charge is 0.493 e. The first-order valence-electron chi connectivity index (χ1n) is 8.40. The fraction of sp³-hybridized carbons (Fsp3) is 0.250. The van der Waals surface area contributed by atoms with Crippen LogP contribution in [0.5, 0.6) is 17.2 Å². The lowest BCUT2D eigenvalue weighted by atomic mass is 10.1. The van der Waals surface area contributed by atoms with Gasteiger partial charge in [0.05, 0.1) is 32.6 Å². The van der Waals surface area contributed by atoms with Gasteiger partial charge >= 0.3 is 5.97 Å². The van der Waals surface area contributed by atoms with Gasteiger partial charge in [0, 0.05) is 6.07 Å². The number of benzene rings is 2. The van der Waals surface area contributed by atoms with Crippen molar-refractivity contribution in [2.75, 3.05) is 32.8 Å². The van der Waals surface area contributed by atoms with Gasteiger partial charge in [0.1, 0.15) is 13.2 Å². The maximum atomic E-state index is 12.5. The van der Waals surface area contributed by atoms with Crippen LogP contribution in [0.2, 0.25) is 0 Å². The summed E-state index contributed by atoms with van der Waals surface area (Å²) < 4.78 is 21.0. The number of amides is 1. The third-order valence-electron chi connectivity index (χ3n) is 4.30. The SMILES string of the molecule is COc1cc2c(c(OC)c1OC)C(=O)C(=O)N2CC(=O)OCc1ccccc1. The number of methoxy groups -OCH3 is 3. The fourth-order valence-electron chi connectivity index (χ4n) is 2.98. The minimum absolute atomic E-state index is 0.0287. The zero-order valence-corrected chi connectivity index (χ0v) is 15.7. The van der Waals surface area contributed by atoms with Crippen molar-refractivity contribution in [3.05, 3.63) is 47.5 Å². The van der Waals surface area contributed by atoms with Crippen LogP contribution in [0.25, 0.3) is 0 Å². The molecule has 0 saturated carbocycles. The number of carbonyl (C=O) groups is 3. The van der Waals surface area contributed by atoms with E-state index in [-0.39, 0.29) is 35.1 Å². The monoisotopic (exact) mass is 385 g/mol. The van der Waals surface area contributed by atoms with Gasteiger partial charge in [-0.3, -0.25) is 19.3 Å². The Morgan fingerprint density at radius 3 is 2.25 bits per heavy atom. The molecular weight excluding hydrogens is 366 g/mol. The van der Waals surface area contributed by atoms with Crippen molar-refractivity contribution in [3.8, 4) is 17.2 Å². The van der Waals surface area contributed by atoms with Crippen molar-refractivity contribution in [1.29, 1.82) is 0 Å². The Morgan fingerprint density at radius 1 is 0.964 bits per heavy atom. The lowest BCUT2D eigenvalue weighted by Crippen LogP contribution is -2.35. The minimum Gasteiger partial charge on any atom is -0.493 e. The Labute approximate surface area is 161 Å². The van der Waals surface area contributed by atoms with Crippen molar-refractivity contribution >= 4 is 23.3 Å². The van der Waals surface area contributed by atoms with Crippen molar-refractivity contribution in [2.45, 2.75) is 6.61 Å². The van der Waals surface area contributed by atoms with Gasteiger partial charge in [-0.25, -0.2) is 0 Å². The molecule has 0 unspecified atom stereocenters. The van der Waals surface area contributed by atoms with Crippen LogP contribution in [-0.2, 0) is 20.9 Å². The third kappa shape index (κ3) is 3.36. The van der Waals surface area contributed by atoms with Gasteiger partial charge in [-0.1, -0.05) is 30.3 Å². The standard InChI is InChI=1S/C20H19NO7/c1-25-14-9-13-16(19(27-3)18(14)26-2)17(23)20(24)21(13)10-15(22)28-11-12-7-5-4-6-8-12/h4-9H,10-11H2,1-3H3. The van der Waals surface area contributed by atoms with Crippen LogP contribution in [0.4, 0.5) is 5.69 Å². The number of nitrogens with zero attached hydrogens (tertiary/aromatic N) is 1. The number of carbonyl (C=O) groups excluding carboxylic acids is 3. The molecule has 28 heavy (non-hydrogen) atoms. The van der Waals surface area contributed by atoms with Crippen molar-refractivity contribution in [3.63, 3.8) is 0 Å². The van der Waals surface area contributed by atoms with E-state index >= 15 is 0 Å². The highest BCUT2D eigenvalue weighted by atomic mass is 16.5. The normalized spacial score (nSPS) is 12.6. The van der Waals surface area contributed by atoms with E-state index in [9.17, 15) is 14.4 Å². The zero-order chi connectivity index (χ0) is 20.3. The second-order valence-electron chi connectivity index (χ2n) is 5.91. The quantitative estimate of drug-likeness (QED) is 0.532. The molecule has 8 nitrogen and oxygen atoms in total. The first kappa shape index (κ1) is 19.2. The molecule has 1 aliphatic rings. The Hall–Kier alpha value is -3.55. The maximum Gasteiger partial charge on any atom is 0.326 e. The number of ether oxygens (including phenoxy) is 4. The molecular formula is C20H19NO7. The van der Waals surface area contributed by atoms with Gasteiger partial charge in [0.2, 0.25) is 5.75 Å². The molecule has 0 spiro atoms. The summed E-state index contributed by atoms with van der Waals surface area (Å²) >= 11 is 0. The van der Waals surface area contributed by atoms with E-state index in [2.05, 4.69) is 0 Å². The van der Waals surface area contributed by atoms with Crippen LogP contribution < -0.4 is 19.1 Å². The van der Waals surface area contributed by atoms with Gasteiger partial charge < -0.3 is 18.9 Å². The van der Waals surface area contributed by atoms with Crippen molar-refractivity contribution in [2.24, 2.45) is 0 Å². The molecule has 0 bridgehead atoms. The highest BCUT2D eigenvalue weighted by Crippen LogP contribution is 2.47. The number of esters is 1.